The van der Waals surface area contributed by atoms with Gasteiger partial charge in [-0.25, -0.2) is 23.5 Å². The second-order valence-corrected chi connectivity index (χ2v) is 5.93. The SMILES string of the molecule is CC(C)(C)n1c(=O)oc(=O)n(C(C)(C)C)c1=O. The van der Waals surface area contributed by atoms with Gasteiger partial charge in [-0.2, -0.15) is 0 Å². The Kier molecular flexibility index (Phi) is 2.94. The van der Waals surface area contributed by atoms with Crippen LogP contribution in [0.1, 0.15) is 41.5 Å². The van der Waals surface area contributed by atoms with Crippen molar-refractivity contribution < 1.29 is 4.42 Å². The Morgan fingerprint density at radius 3 is 1.29 bits per heavy atom. The van der Waals surface area contributed by atoms with Gasteiger partial charge in [0, 0.05) is 11.1 Å². The molecule has 1 heterocycles. The average Bonchev–Trinajstić information content (AvgIpc) is 1.94. The minimum Gasteiger partial charge on any atom is -0.358 e. The molecule has 17 heavy (non-hydrogen) atoms. The molecule has 0 aliphatic rings. The molecule has 0 aliphatic carbocycles. The van der Waals surface area contributed by atoms with Crippen molar-refractivity contribution in [3.05, 3.63) is 31.6 Å². The summed E-state index contributed by atoms with van der Waals surface area (Å²) in [6.45, 7) is 10.2. The van der Waals surface area contributed by atoms with Gasteiger partial charge in [0.15, 0.2) is 0 Å². The molecular formula is C11H18N2O4. The van der Waals surface area contributed by atoms with Crippen molar-refractivity contribution in [3.8, 4) is 0 Å². The first-order chi connectivity index (χ1) is 7.46. The molecule has 1 rings (SSSR count). The third kappa shape index (κ3) is 2.40. The van der Waals surface area contributed by atoms with E-state index in [9.17, 15) is 14.4 Å². The first-order valence-electron chi connectivity index (χ1n) is 5.36. The third-order valence-electron chi connectivity index (χ3n) is 2.26. The van der Waals surface area contributed by atoms with Gasteiger partial charge in [-0.15, -0.1) is 0 Å². The number of rotatable bonds is 0. The monoisotopic (exact) mass is 242 g/mol. The van der Waals surface area contributed by atoms with E-state index in [0.29, 0.717) is 0 Å². The molecule has 0 radical (unpaired) electrons. The highest BCUT2D eigenvalue weighted by Gasteiger charge is 2.27. The highest BCUT2D eigenvalue weighted by Crippen LogP contribution is 2.10. The molecular weight excluding hydrogens is 224 g/mol. The van der Waals surface area contributed by atoms with Gasteiger partial charge in [0.1, 0.15) is 0 Å². The summed E-state index contributed by atoms with van der Waals surface area (Å²) in [7, 11) is 0. The van der Waals surface area contributed by atoms with Gasteiger partial charge in [-0.1, -0.05) is 0 Å². The Hall–Kier alpha value is -1.59. The maximum absolute atomic E-state index is 12.2. The number of hydrogen-bond donors (Lipinski definition) is 0. The van der Waals surface area contributed by atoms with Crippen molar-refractivity contribution in [2.75, 3.05) is 0 Å². The van der Waals surface area contributed by atoms with Gasteiger partial charge in [0.2, 0.25) is 0 Å². The summed E-state index contributed by atoms with van der Waals surface area (Å²) in [5.41, 5.74) is -2.12. The van der Waals surface area contributed by atoms with Crippen LogP contribution in [0.4, 0.5) is 0 Å². The quantitative estimate of drug-likeness (QED) is 0.663. The number of nitrogens with zero attached hydrogens (tertiary/aromatic N) is 2. The summed E-state index contributed by atoms with van der Waals surface area (Å²) in [5.74, 6) is -1.85. The standard InChI is InChI=1S/C11H18N2O4/c1-10(2,3)12-7(14)13(11(4,5)6)9(16)17-8(12)15/h1-6H3. The van der Waals surface area contributed by atoms with E-state index in [0.717, 1.165) is 9.13 Å². The second-order valence-electron chi connectivity index (χ2n) is 5.93. The van der Waals surface area contributed by atoms with E-state index in [1.807, 2.05) is 0 Å². The van der Waals surface area contributed by atoms with Crippen LogP contribution in [0.5, 0.6) is 0 Å². The van der Waals surface area contributed by atoms with Crippen molar-refractivity contribution in [3.63, 3.8) is 0 Å². The van der Waals surface area contributed by atoms with E-state index < -0.39 is 28.3 Å². The first-order valence-corrected chi connectivity index (χ1v) is 5.36. The van der Waals surface area contributed by atoms with E-state index >= 15 is 0 Å². The molecule has 0 fully saturated rings. The second kappa shape index (κ2) is 3.72. The van der Waals surface area contributed by atoms with Crippen molar-refractivity contribution >= 4 is 0 Å². The Morgan fingerprint density at radius 2 is 1.06 bits per heavy atom. The Labute approximate surface area is 98.5 Å². The molecule has 96 valence electrons. The topological polar surface area (TPSA) is 74.2 Å². The van der Waals surface area contributed by atoms with Crippen LogP contribution in [0.2, 0.25) is 0 Å². The molecule has 0 bridgehead atoms. The summed E-state index contributed by atoms with van der Waals surface area (Å²) in [6, 6.07) is 0. The highest BCUT2D eigenvalue weighted by molar-refractivity contribution is 4.84. The molecule has 1 aromatic heterocycles. The number of aromatic nitrogens is 2. The lowest BCUT2D eigenvalue weighted by Crippen LogP contribution is -2.55. The minimum absolute atomic E-state index is 0.647. The molecule has 0 unspecified atom stereocenters. The van der Waals surface area contributed by atoms with Crippen LogP contribution in [0, 0.1) is 0 Å². The molecule has 1 aromatic rings. The van der Waals surface area contributed by atoms with Gasteiger partial charge in [-0.3, -0.25) is 0 Å². The van der Waals surface area contributed by atoms with Crippen LogP contribution in [-0.4, -0.2) is 9.13 Å². The summed E-state index contributed by atoms with van der Waals surface area (Å²) in [5, 5.41) is 0. The third-order valence-corrected chi connectivity index (χ3v) is 2.26. The van der Waals surface area contributed by atoms with Gasteiger partial charge in [0.25, 0.3) is 0 Å². The van der Waals surface area contributed by atoms with Gasteiger partial charge < -0.3 is 4.42 Å². The van der Waals surface area contributed by atoms with Gasteiger partial charge in [-0.05, 0) is 41.5 Å². The van der Waals surface area contributed by atoms with E-state index in [2.05, 4.69) is 4.42 Å². The molecule has 0 N–H and O–H groups in total. The van der Waals surface area contributed by atoms with Gasteiger partial charge >= 0.3 is 17.2 Å². The van der Waals surface area contributed by atoms with Crippen molar-refractivity contribution in [1.82, 2.24) is 9.13 Å². The zero-order chi connectivity index (χ0) is 13.6. The Bertz CT molecular complexity index is 541. The minimum atomic E-state index is -0.923. The van der Waals surface area contributed by atoms with E-state index in [4.69, 9.17) is 0 Å². The smallest absolute Gasteiger partial charge is 0.358 e. The molecule has 0 aliphatic heterocycles. The lowest BCUT2D eigenvalue weighted by atomic mass is 10.1. The normalized spacial score (nSPS) is 12.8. The number of hydrogen-bond acceptors (Lipinski definition) is 4. The van der Waals surface area contributed by atoms with E-state index in [1.165, 1.54) is 0 Å². The first kappa shape index (κ1) is 13.5. The van der Waals surface area contributed by atoms with E-state index in [1.54, 1.807) is 41.5 Å². The Morgan fingerprint density at radius 1 is 0.765 bits per heavy atom. The fourth-order valence-electron chi connectivity index (χ4n) is 1.54. The van der Waals surface area contributed by atoms with Crippen LogP contribution in [0.15, 0.2) is 18.8 Å². The molecule has 0 spiro atoms. The molecule has 0 amide bonds. The van der Waals surface area contributed by atoms with Crippen LogP contribution < -0.4 is 17.2 Å². The summed E-state index contributed by atoms with van der Waals surface area (Å²) < 4.78 is 6.48. The highest BCUT2D eigenvalue weighted by atomic mass is 16.5. The summed E-state index contributed by atoms with van der Waals surface area (Å²) in [6.07, 6.45) is 0. The predicted molar refractivity (Wildman–Crippen MR) is 63.5 cm³/mol. The Balaban J connectivity index is 3.88. The predicted octanol–water partition coefficient (Wildman–Crippen LogP) is 0.473. The molecule has 6 nitrogen and oxygen atoms in total. The van der Waals surface area contributed by atoms with Crippen molar-refractivity contribution in [2.45, 2.75) is 52.6 Å². The lowest BCUT2D eigenvalue weighted by Gasteiger charge is -2.25. The van der Waals surface area contributed by atoms with Crippen LogP contribution in [-0.2, 0) is 11.1 Å². The molecule has 0 aromatic carbocycles. The molecule has 0 atom stereocenters. The molecule has 0 saturated heterocycles. The fourth-order valence-corrected chi connectivity index (χ4v) is 1.54. The van der Waals surface area contributed by atoms with Crippen molar-refractivity contribution in [2.24, 2.45) is 0 Å². The van der Waals surface area contributed by atoms with Gasteiger partial charge in [0.05, 0.1) is 0 Å². The maximum Gasteiger partial charge on any atom is 0.427 e. The average molecular weight is 242 g/mol. The van der Waals surface area contributed by atoms with Crippen LogP contribution in [0.3, 0.4) is 0 Å². The zero-order valence-electron chi connectivity index (χ0n) is 11.0. The fraction of sp³-hybridized carbons (Fsp3) is 0.727. The van der Waals surface area contributed by atoms with E-state index in [-0.39, 0.29) is 0 Å². The summed E-state index contributed by atoms with van der Waals surface area (Å²) >= 11 is 0. The molecule has 6 heteroatoms. The largest absolute Gasteiger partial charge is 0.427 e. The maximum atomic E-state index is 12.2. The zero-order valence-corrected chi connectivity index (χ0v) is 11.0. The summed E-state index contributed by atoms with van der Waals surface area (Å²) in [4.78, 5) is 35.3. The van der Waals surface area contributed by atoms with Crippen LogP contribution >= 0.6 is 0 Å². The van der Waals surface area contributed by atoms with Crippen molar-refractivity contribution in [1.29, 1.82) is 0 Å². The van der Waals surface area contributed by atoms with Crippen LogP contribution in [0.25, 0.3) is 0 Å². The lowest BCUT2D eigenvalue weighted by molar-refractivity contribution is 0.216. The molecule has 0 saturated carbocycles.